The van der Waals surface area contributed by atoms with Crippen molar-refractivity contribution in [2.45, 2.75) is 12.5 Å². The Morgan fingerprint density at radius 3 is 2.74 bits per heavy atom. The summed E-state index contributed by atoms with van der Waals surface area (Å²) < 4.78 is 6.22. The van der Waals surface area contributed by atoms with E-state index in [2.05, 4.69) is 20.8 Å². The minimum Gasteiger partial charge on any atom is -0.480 e. The molecule has 1 saturated heterocycles. The molecule has 0 saturated carbocycles. The van der Waals surface area contributed by atoms with E-state index in [1.54, 1.807) is 0 Å². The molecule has 0 bridgehead atoms. The Morgan fingerprint density at radius 1 is 1.47 bits per heavy atom. The molecule has 1 aliphatic heterocycles. The van der Waals surface area contributed by atoms with Crippen molar-refractivity contribution in [3.05, 3.63) is 28.2 Å². The van der Waals surface area contributed by atoms with Gasteiger partial charge in [0.1, 0.15) is 6.04 Å². The van der Waals surface area contributed by atoms with Gasteiger partial charge in [0.25, 0.3) is 0 Å². The van der Waals surface area contributed by atoms with E-state index in [1.807, 2.05) is 18.2 Å². The van der Waals surface area contributed by atoms with E-state index < -0.39 is 12.0 Å². The smallest absolute Gasteiger partial charge is 0.320 e. The fourth-order valence-electron chi connectivity index (χ4n) is 2.04. The summed E-state index contributed by atoms with van der Waals surface area (Å²) in [6.45, 7) is 3.23. The molecule has 0 amide bonds. The minimum absolute atomic E-state index is 0.319. The molecule has 1 fully saturated rings. The number of carboxylic acids is 1. The molecule has 1 aromatic carbocycles. The molecule has 1 aromatic rings. The Morgan fingerprint density at radius 2 is 2.16 bits per heavy atom. The molecule has 1 unspecified atom stereocenters. The second-order valence-corrected chi connectivity index (χ2v) is 5.38. The molecule has 6 heteroatoms. The predicted molar refractivity (Wildman–Crippen MR) is 76.5 cm³/mol. The standard InChI is InChI=1S/C13H17BrN2O3/c14-11-8-10(16-3-5-19-6-4-16)2-1-9(11)7-12(15)13(17)18/h1-2,8,12H,3-7,15H2,(H,17,18). The summed E-state index contributed by atoms with van der Waals surface area (Å²) in [4.78, 5) is 13.0. The van der Waals surface area contributed by atoms with E-state index in [0.717, 1.165) is 42.0 Å². The highest BCUT2D eigenvalue weighted by Crippen LogP contribution is 2.25. The molecule has 19 heavy (non-hydrogen) atoms. The number of hydrogen-bond donors (Lipinski definition) is 2. The van der Waals surface area contributed by atoms with Crippen LogP contribution in [0.15, 0.2) is 22.7 Å². The fraction of sp³-hybridized carbons (Fsp3) is 0.462. The summed E-state index contributed by atoms with van der Waals surface area (Å²) in [5.74, 6) is -0.982. The van der Waals surface area contributed by atoms with Crippen LogP contribution in [0.4, 0.5) is 5.69 Å². The average Bonchev–Trinajstić information content (AvgIpc) is 2.41. The van der Waals surface area contributed by atoms with E-state index in [1.165, 1.54) is 0 Å². The van der Waals surface area contributed by atoms with Gasteiger partial charge in [-0.1, -0.05) is 22.0 Å². The number of carboxylic acid groups (broad SMARTS) is 1. The first-order valence-corrected chi connectivity index (χ1v) is 6.96. The summed E-state index contributed by atoms with van der Waals surface area (Å²) in [6, 6.07) is 5.07. The van der Waals surface area contributed by atoms with Crippen molar-refractivity contribution < 1.29 is 14.6 Å². The maximum Gasteiger partial charge on any atom is 0.320 e. The normalized spacial score (nSPS) is 17.3. The lowest BCUT2D eigenvalue weighted by Gasteiger charge is -2.29. The summed E-state index contributed by atoms with van der Waals surface area (Å²) in [6.07, 6.45) is 0.319. The number of anilines is 1. The molecule has 104 valence electrons. The van der Waals surface area contributed by atoms with Gasteiger partial charge < -0.3 is 20.5 Å². The van der Waals surface area contributed by atoms with Gasteiger partial charge in [-0.05, 0) is 24.1 Å². The number of rotatable bonds is 4. The molecule has 0 aliphatic carbocycles. The number of nitrogens with two attached hydrogens (primary N) is 1. The molecule has 1 aliphatic rings. The van der Waals surface area contributed by atoms with Crippen LogP contribution in [-0.2, 0) is 16.0 Å². The number of nitrogens with zero attached hydrogens (tertiary/aromatic N) is 1. The number of benzene rings is 1. The molecule has 0 spiro atoms. The van der Waals surface area contributed by atoms with Gasteiger partial charge in [0, 0.05) is 23.2 Å². The van der Waals surface area contributed by atoms with E-state index in [9.17, 15) is 4.79 Å². The Balaban J connectivity index is 2.10. The van der Waals surface area contributed by atoms with Gasteiger partial charge in [-0.15, -0.1) is 0 Å². The molecule has 1 atom stereocenters. The van der Waals surface area contributed by atoms with Crippen molar-refractivity contribution in [3.63, 3.8) is 0 Å². The Hall–Kier alpha value is -1.11. The SMILES string of the molecule is NC(Cc1ccc(N2CCOCC2)cc1Br)C(=O)O. The van der Waals surface area contributed by atoms with Crippen molar-refractivity contribution in [2.24, 2.45) is 5.73 Å². The van der Waals surface area contributed by atoms with Gasteiger partial charge in [-0.25, -0.2) is 0 Å². The molecular weight excluding hydrogens is 312 g/mol. The van der Waals surface area contributed by atoms with Crippen LogP contribution in [0.3, 0.4) is 0 Å². The van der Waals surface area contributed by atoms with Crippen LogP contribution in [0.5, 0.6) is 0 Å². The first-order valence-electron chi connectivity index (χ1n) is 6.17. The molecule has 5 nitrogen and oxygen atoms in total. The van der Waals surface area contributed by atoms with Crippen LogP contribution in [0.1, 0.15) is 5.56 Å². The maximum atomic E-state index is 10.8. The van der Waals surface area contributed by atoms with Crippen molar-refractivity contribution in [1.29, 1.82) is 0 Å². The molecule has 0 radical (unpaired) electrons. The summed E-state index contributed by atoms with van der Waals surface area (Å²) in [5.41, 5.74) is 7.57. The van der Waals surface area contributed by atoms with Crippen molar-refractivity contribution in [2.75, 3.05) is 31.2 Å². The number of halogens is 1. The molecular formula is C13H17BrN2O3. The van der Waals surface area contributed by atoms with E-state index in [0.29, 0.717) is 6.42 Å². The fourth-order valence-corrected chi connectivity index (χ4v) is 2.57. The Labute approximate surface area is 120 Å². The van der Waals surface area contributed by atoms with E-state index in [-0.39, 0.29) is 0 Å². The highest BCUT2D eigenvalue weighted by atomic mass is 79.9. The number of ether oxygens (including phenoxy) is 1. The number of hydrogen-bond acceptors (Lipinski definition) is 4. The highest BCUT2D eigenvalue weighted by molar-refractivity contribution is 9.10. The predicted octanol–water partition coefficient (Wildman–Crippen LogP) is 1.24. The summed E-state index contributed by atoms with van der Waals surface area (Å²) in [7, 11) is 0. The average molecular weight is 329 g/mol. The molecule has 1 heterocycles. The van der Waals surface area contributed by atoms with Crippen LogP contribution in [0, 0.1) is 0 Å². The van der Waals surface area contributed by atoms with Crippen molar-refractivity contribution >= 4 is 27.6 Å². The van der Waals surface area contributed by atoms with Gasteiger partial charge >= 0.3 is 5.97 Å². The lowest BCUT2D eigenvalue weighted by Crippen LogP contribution is -2.36. The zero-order valence-electron chi connectivity index (χ0n) is 10.5. The number of morpholine rings is 1. The largest absolute Gasteiger partial charge is 0.480 e. The monoisotopic (exact) mass is 328 g/mol. The maximum absolute atomic E-state index is 10.8. The van der Waals surface area contributed by atoms with Crippen LogP contribution >= 0.6 is 15.9 Å². The minimum atomic E-state index is -0.982. The quantitative estimate of drug-likeness (QED) is 0.869. The first kappa shape index (κ1) is 14.3. The van der Waals surface area contributed by atoms with Crippen molar-refractivity contribution in [3.8, 4) is 0 Å². The third kappa shape index (κ3) is 3.68. The Kier molecular flexibility index (Phi) is 4.79. The lowest BCUT2D eigenvalue weighted by atomic mass is 10.1. The van der Waals surface area contributed by atoms with E-state index in [4.69, 9.17) is 15.6 Å². The van der Waals surface area contributed by atoms with Crippen LogP contribution < -0.4 is 10.6 Å². The van der Waals surface area contributed by atoms with Gasteiger partial charge in [-0.2, -0.15) is 0 Å². The highest BCUT2D eigenvalue weighted by Gasteiger charge is 2.16. The van der Waals surface area contributed by atoms with Crippen molar-refractivity contribution in [1.82, 2.24) is 0 Å². The second-order valence-electron chi connectivity index (χ2n) is 4.52. The molecule has 3 N–H and O–H groups in total. The van der Waals surface area contributed by atoms with Crippen LogP contribution in [-0.4, -0.2) is 43.4 Å². The van der Waals surface area contributed by atoms with Crippen LogP contribution in [0.25, 0.3) is 0 Å². The van der Waals surface area contributed by atoms with E-state index >= 15 is 0 Å². The topological polar surface area (TPSA) is 75.8 Å². The zero-order chi connectivity index (χ0) is 13.8. The zero-order valence-corrected chi connectivity index (χ0v) is 12.1. The summed E-state index contributed by atoms with van der Waals surface area (Å²) >= 11 is 3.48. The summed E-state index contributed by atoms with van der Waals surface area (Å²) in [5, 5.41) is 8.83. The molecule has 2 rings (SSSR count). The van der Waals surface area contributed by atoms with Gasteiger partial charge in [0.2, 0.25) is 0 Å². The van der Waals surface area contributed by atoms with Crippen LogP contribution in [0.2, 0.25) is 0 Å². The first-order chi connectivity index (χ1) is 9.08. The Bertz CT molecular complexity index is 461. The molecule has 0 aromatic heterocycles. The lowest BCUT2D eigenvalue weighted by molar-refractivity contribution is -0.138. The number of carbonyl (C=O) groups is 1. The third-order valence-electron chi connectivity index (χ3n) is 3.17. The number of aliphatic carboxylic acids is 1. The second kappa shape index (κ2) is 6.36. The third-order valence-corrected chi connectivity index (χ3v) is 3.91. The van der Waals surface area contributed by atoms with Gasteiger partial charge in [-0.3, -0.25) is 4.79 Å². The van der Waals surface area contributed by atoms with Gasteiger partial charge in [0.05, 0.1) is 13.2 Å². The van der Waals surface area contributed by atoms with Gasteiger partial charge in [0.15, 0.2) is 0 Å².